The molecule has 0 saturated heterocycles. The van der Waals surface area contributed by atoms with E-state index < -0.39 is 17.7 Å². The van der Waals surface area contributed by atoms with Crippen LogP contribution in [0.25, 0.3) is 22.0 Å². The van der Waals surface area contributed by atoms with Crippen molar-refractivity contribution in [3.05, 3.63) is 57.6 Å². The average Bonchev–Trinajstić information content (AvgIpc) is 3.05. The van der Waals surface area contributed by atoms with Gasteiger partial charge in [-0.25, -0.2) is 4.79 Å². The minimum absolute atomic E-state index is 0.253. The summed E-state index contributed by atoms with van der Waals surface area (Å²) in [7, 11) is 1.60. The van der Waals surface area contributed by atoms with Gasteiger partial charge in [-0.1, -0.05) is 37.6 Å². The standard InChI is InChI=1S/C24H29ClN2O4/c1-14(2)13-27-12-11-17-18(15-7-9-16(25)10-8-15)20(26(6)22(28)19(17)27)21(23(29)30)31-24(3,4)5/h7-12,14,21H,13H2,1-6H3,(H,29,30). The minimum atomic E-state index is -1.32. The molecule has 2 aromatic heterocycles. The van der Waals surface area contributed by atoms with Gasteiger partial charge in [-0.05, 0) is 50.5 Å². The molecule has 2 heterocycles. The smallest absolute Gasteiger partial charge is 0.339 e. The average molecular weight is 445 g/mol. The Bertz CT molecular complexity index is 1170. The van der Waals surface area contributed by atoms with E-state index in [1.54, 1.807) is 40.0 Å². The number of aromatic nitrogens is 2. The van der Waals surface area contributed by atoms with Gasteiger partial charge in [0.2, 0.25) is 0 Å². The van der Waals surface area contributed by atoms with Gasteiger partial charge < -0.3 is 19.0 Å². The van der Waals surface area contributed by atoms with E-state index in [0.29, 0.717) is 39.6 Å². The molecule has 0 aliphatic heterocycles. The molecule has 1 atom stereocenters. The molecule has 166 valence electrons. The zero-order chi connectivity index (χ0) is 23.1. The number of benzene rings is 1. The van der Waals surface area contributed by atoms with Gasteiger partial charge in [0.15, 0.2) is 6.10 Å². The van der Waals surface area contributed by atoms with E-state index in [1.807, 2.05) is 29.0 Å². The van der Waals surface area contributed by atoms with Crippen molar-refractivity contribution < 1.29 is 14.6 Å². The molecule has 0 aliphatic rings. The Kier molecular flexibility index (Phi) is 6.35. The van der Waals surface area contributed by atoms with Crippen LogP contribution in [0.3, 0.4) is 0 Å². The molecule has 0 bridgehead atoms. The van der Waals surface area contributed by atoms with Crippen LogP contribution in [0.15, 0.2) is 41.3 Å². The van der Waals surface area contributed by atoms with Crippen LogP contribution in [-0.4, -0.2) is 25.8 Å². The van der Waals surface area contributed by atoms with Gasteiger partial charge >= 0.3 is 5.97 Å². The van der Waals surface area contributed by atoms with Crippen molar-refractivity contribution in [3.63, 3.8) is 0 Å². The van der Waals surface area contributed by atoms with Crippen LogP contribution in [0.4, 0.5) is 0 Å². The fourth-order valence-corrected chi connectivity index (χ4v) is 3.96. The molecule has 31 heavy (non-hydrogen) atoms. The van der Waals surface area contributed by atoms with Gasteiger partial charge in [0.1, 0.15) is 5.52 Å². The number of carbonyl (C=O) groups is 1. The number of carboxylic acids is 1. The molecule has 0 spiro atoms. The first-order valence-electron chi connectivity index (χ1n) is 10.3. The number of hydrogen-bond acceptors (Lipinski definition) is 3. The predicted octanol–water partition coefficient (Wildman–Crippen LogP) is 5.26. The van der Waals surface area contributed by atoms with Crippen LogP contribution in [-0.2, 0) is 23.1 Å². The fourth-order valence-electron chi connectivity index (χ4n) is 3.84. The second-order valence-corrected chi connectivity index (χ2v) is 9.64. The molecule has 0 radical (unpaired) electrons. The number of fused-ring (bicyclic) bond motifs is 1. The third kappa shape index (κ3) is 4.70. The summed E-state index contributed by atoms with van der Waals surface area (Å²) < 4.78 is 9.28. The number of aliphatic carboxylic acids is 1. The third-order valence-corrected chi connectivity index (χ3v) is 5.25. The number of hydrogen-bond donors (Lipinski definition) is 1. The van der Waals surface area contributed by atoms with E-state index in [2.05, 4.69) is 13.8 Å². The lowest BCUT2D eigenvalue weighted by Crippen LogP contribution is -2.33. The van der Waals surface area contributed by atoms with E-state index in [4.69, 9.17) is 16.3 Å². The van der Waals surface area contributed by atoms with Crippen molar-refractivity contribution in [2.24, 2.45) is 13.0 Å². The topological polar surface area (TPSA) is 73.5 Å². The molecular weight excluding hydrogens is 416 g/mol. The largest absolute Gasteiger partial charge is 0.479 e. The zero-order valence-corrected chi connectivity index (χ0v) is 19.5. The highest BCUT2D eigenvalue weighted by Crippen LogP contribution is 2.37. The van der Waals surface area contributed by atoms with Gasteiger partial charge in [0.25, 0.3) is 5.56 Å². The highest BCUT2D eigenvalue weighted by Gasteiger charge is 2.33. The maximum absolute atomic E-state index is 13.4. The molecule has 0 fully saturated rings. The monoisotopic (exact) mass is 444 g/mol. The summed E-state index contributed by atoms with van der Waals surface area (Å²) in [6, 6.07) is 9.05. The quantitative estimate of drug-likeness (QED) is 0.563. The summed E-state index contributed by atoms with van der Waals surface area (Å²) in [6.07, 6.45) is 0.566. The zero-order valence-electron chi connectivity index (χ0n) is 18.8. The first-order chi connectivity index (χ1) is 14.4. The van der Waals surface area contributed by atoms with Crippen LogP contribution >= 0.6 is 11.6 Å². The summed E-state index contributed by atoms with van der Waals surface area (Å²) >= 11 is 6.10. The summed E-state index contributed by atoms with van der Waals surface area (Å²) in [6.45, 7) is 10.2. The van der Waals surface area contributed by atoms with Gasteiger partial charge in [-0.3, -0.25) is 4.79 Å². The molecule has 1 N–H and O–H groups in total. The van der Waals surface area contributed by atoms with E-state index >= 15 is 0 Å². The van der Waals surface area contributed by atoms with E-state index in [0.717, 1.165) is 5.56 Å². The van der Waals surface area contributed by atoms with Crippen LogP contribution < -0.4 is 5.56 Å². The maximum atomic E-state index is 13.4. The Hall–Kier alpha value is -2.57. The number of nitrogens with zero attached hydrogens (tertiary/aromatic N) is 2. The van der Waals surface area contributed by atoms with Crippen molar-refractivity contribution in [1.29, 1.82) is 0 Å². The van der Waals surface area contributed by atoms with Gasteiger partial charge in [0, 0.05) is 35.8 Å². The summed E-state index contributed by atoms with van der Waals surface area (Å²) in [5, 5.41) is 11.3. The van der Waals surface area contributed by atoms with Gasteiger partial charge in [-0.2, -0.15) is 0 Å². The van der Waals surface area contributed by atoms with Gasteiger partial charge in [0.05, 0.1) is 11.3 Å². The molecule has 1 aromatic carbocycles. The Balaban J connectivity index is 2.44. The summed E-state index contributed by atoms with van der Waals surface area (Å²) in [5.41, 5.74) is 1.31. The second kappa shape index (κ2) is 8.52. The molecule has 6 nitrogen and oxygen atoms in total. The first-order valence-corrected chi connectivity index (χ1v) is 10.7. The lowest BCUT2D eigenvalue weighted by molar-refractivity contribution is -0.161. The molecule has 0 amide bonds. The lowest BCUT2D eigenvalue weighted by Gasteiger charge is -2.28. The van der Waals surface area contributed by atoms with Crippen LogP contribution in [0.2, 0.25) is 5.02 Å². The molecule has 0 aliphatic carbocycles. The van der Waals surface area contributed by atoms with Crippen molar-refractivity contribution in [1.82, 2.24) is 9.13 Å². The maximum Gasteiger partial charge on any atom is 0.339 e. The number of rotatable bonds is 6. The Morgan fingerprint density at radius 1 is 1.16 bits per heavy atom. The number of pyridine rings is 1. The van der Waals surface area contributed by atoms with E-state index in [-0.39, 0.29) is 5.56 Å². The minimum Gasteiger partial charge on any atom is -0.479 e. The number of halogens is 1. The summed E-state index contributed by atoms with van der Waals surface area (Å²) in [5.74, 6) is -0.809. The first kappa shape index (κ1) is 23.1. The third-order valence-electron chi connectivity index (χ3n) is 5.00. The van der Waals surface area contributed by atoms with Crippen molar-refractivity contribution in [3.8, 4) is 11.1 Å². The normalized spacial score (nSPS) is 13.2. The van der Waals surface area contributed by atoms with Crippen molar-refractivity contribution >= 4 is 28.5 Å². The predicted molar refractivity (Wildman–Crippen MR) is 124 cm³/mol. The SMILES string of the molecule is CC(C)Cn1ccc2c(-c3ccc(Cl)cc3)c(C(OC(C)(C)C)C(=O)O)n(C)c(=O)c21. The van der Waals surface area contributed by atoms with Crippen LogP contribution in [0, 0.1) is 5.92 Å². The number of ether oxygens (including phenoxy) is 1. The lowest BCUT2D eigenvalue weighted by atomic mass is 9.96. The Morgan fingerprint density at radius 3 is 2.29 bits per heavy atom. The molecule has 0 saturated carbocycles. The highest BCUT2D eigenvalue weighted by molar-refractivity contribution is 6.30. The van der Waals surface area contributed by atoms with E-state index in [9.17, 15) is 14.7 Å². The van der Waals surface area contributed by atoms with Crippen molar-refractivity contribution in [2.45, 2.75) is 52.9 Å². The molecular formula is C24H29ClN2O4. The van der Waals surface area contributed by atoms with Crippen molar-refractivity contribution in [2.75, 3.05) is 0 Å². The molecule has 3 rings (SSSR count). The molecule has 1 unspecified atom stereocenters. The van der Waals surface area contributed by atoms with E-state index in [1.165, 1.54) is 4.57 Å². The highest BCUT2D eigenvalue weighted by atomic mass is 35.5. The van der Waals surface area contributed by atoms with Crippen LogP contribution in [0.1, 0.15) is 46.4 Å². The number of carboxylic acid groups (broad SMARTS) is 1. The van der Waals surface area contributed by atoms with Gasteiger partial charge in [-0.15, -0.1) is 0 Å². The Morgan fingerprint density at radius 2 is 1.77 bits per heavy atom. The fraction of sp³-hybridized carbons (Fsp3) is 0.417. The van der Waals surface area contributed by atoms with Crippen LogP contribution in [0.5, 0.6) is 0 Å². The Labute approximate surface area is 187 Å². The molecule has 3 aromatic rings. The second-order valence-electron chi connectivity index (χ2n) is 9.20. The molecule has 7 heteroatoms. The summed E-state index contributed by atoms with van der Waals surface area (Å²) in [4.78, 5) is 25.7.